The summed E-state index contributed by atoms with van der Waals surface area (Å²) in [6.07, 6.45) is 0. The third-order valence-electron chi connectivity index (χ3n) is 4.02. The highest BCUT2D eigenvalue weighted by Crippen LogP contribution is 2.24. The maximum atomic E-state index is 12.6. The molecule has 0 unspecified atom stereocenters. The van der Waals surface area contributed by atoms with Gasteiger partial charge in [0.1, 0.15) is 11.5 Å². The lowest BCUT2D eigenvalue weighted by molar-refractivity contribution is -0.883. The number of nitrogens with one attached hydrogen (secondary N) is 1. The molecular weight excluding hydrogens is 312 g/mol. The number of benzene rings is 2. The van der Waals surface area contributed by atoms with E-state index in [1.54, 1.807) is 28.6 Å². The van der Waals surface area contributed by atoms with Gasteiger partial charge in [-0.3, -0.25) is 0 Å². The number of sulfonamides is 1. The largest absolute Gasteiger partial charge is 0.457 e. The lowest BCUT2D eigenvalue weighted by Crippen LogP contribution is -3.12. The molecule has 122 valence electrons. The van der Waals surface area contributed by atoms with Crippen LogP contribution in [0.3, 0.4) is 0 Å². The van der Waals surface area contributed by atoms with Crippen LogP contribution < -0.4 is 9.64 Å². The fourth-order valence-corrected chi connectivity index (χ4v) is 4.00. The Kier molecular flexibility index (Phi) is 4.66. The van der Waals surface area contributed by atoms with Crippen molar-refractivity contribution in [2.45, 2.75) is 4.90 Å². The van der Waals surface area contributed by atoms with Crippen LogP contribution in [0.5, 0.6) is 11.5 Å². The van der Waals surface area contributed by atoms with E-state index in [9.17, 15) is 8.42 Å². The van der Waals surface area contributed by atoms with E-state index in [1.807, 2.05) is 30.3 Å². The summed E-state index contributed by atoms with van der Waals surface area (Å²) in [4.78, 5) is 1.68. The molecule has 1 aliphatic heterocycles. The first-order valence-corrected chi connectivity index (χ1v) is 9.14. The average molecular weight is 333 g/mol. The normalized spacial score (nSPS) is 17.1. The number of hydrogen-bond donors (Lipinski definition) is 1. The molecule has 1 N–H and O–H groups in total. The summed E-state index contributed by atoms with van der Waals surface area (Å²) < 4.78 is 32.5. The summed E-state index contributed by atoms with van der Waals surface area (Å²) in [5.74, 6) is 1.35. The topological polar surface area (TPSA) is 51.0 Å². The zero-order valence-corrected chi connectivity index (χ0v) is 13.9. The molecule has 0 bridgehead atoms. The third kappa shape index (κ3) is 3.72. The number of rotatable bonds is 4. The summed E-state index contributed by atoms with van der Waals surface area (Å²) in [7, 11) is -1.33. The molecule has 0 spiro atoms. The van der Waals surface area contributed by atoms with E-state index in [4.69, 9.17) is 4.74 Å². The average Bonchev–Trinajstić information content (AvgIpc) is 2.57. The van der Waals surface area contributed by atoms with Crippen LogP contribution in [0.25, 0.3) is 0 Å². The Morgan fingerprint density at radius 3 is 2.09 bits per heavy atom. The predicted octanol–water partition coefficient (Wildman–Crippen LogP) is 0.998. The van der Waals surface area contributed by atoms with Gasteiger partial charge in [-0.1, -0.05) is 18.2 Å². The Labute approximate surface area is 137 Å². The van der Waals surface area contributed by atoms with Crippen LogP contribution in [0.2, 0.25) is 0 Å². The van der Waals surface area contributed by atoms with Crippen molar-refractivity contribution in [2.24, 2.45) is 0 Å². The predicted molar refractivity (Wildman–Crippen MR) is 88.3 cm³/mol. The van der Waals surface area contributed by atoms with Gasteiger partial charge in [-0.05, 0) is 36.4 Å². The zero-order chi connectivity index (χ0) is 16.3. The fraction of sp³-hybridized carbons (Fsp3) is 0.294. The first kappa shape index (κ1) is 16.0. The summed E-state index contributed by atoms with van der Waals surface area (Å²) >= 11 is 0. The highest BCUT2D eigenvalue weighted by molar-refractivity contribution is 7.89. The molecule has 1 aliphatic rings. The molecule has 23 heavy (non-hydrogen) atoms. The monoisotopic (exact) mass is 333 g/mol. The Morgan fingerprint density at radius 1 is 0.913 bits per heavy atom. The van der Waals surface area contributed by atoms with Gasteiger partial charge < -0.3 is 9.64 Å². The maximum Gasteiger partial charge on any atom is 0.243 e. The van der Waals surface area contributed by atoms with Crippen LogP contribution in [0, 0.1) is 0 Å². The van der Waals surface area contributed by atoms with Crippen molar-refractivity contribution in [1.29, 1.82) is 0 Å². The molecule has 0 aliphatic carbocycles. The van der Waals surface area contributed by atoms with Crippen LogP contribution in [0.4, 0.5) is 0 Å². The smallest absolute Gasteiger partial charge is 0.243 e. The van der Waals surface area contributed by atoms with E-state index in [0.717, 1.165) is 18.8 Å². The molecule has 0 radical (unpaired) electrons. The van der Waals surface area contributed by atoms with Gasteiger partial charge in [0.15, 0.2) is 0 Å². The summed E-state index contributed by atoms with van der Waals surface area (Å²) in [6, 6.07) is 16.0. The second kappa shape index (κ2) is 6.70. The summed E-state index contributed by atoms with van der Waals surface area (Å²) in [5, 5.41) is 0. The molecule has 5 nitrogen and oxygen atoms in total. The number of quaternary nitrogens is 1. The van der Waals surface area contributed by atoms with Gasteiger partial charge in [-0.15, -0.1) is 0 Å². The minimum Gasteiger partial charge on any atom is -0.457 e. The molecule has 1 saturated heterocycles. The molecule has 2 aromatic carbocycles. The fourth-order valence-electron chi connectivity index (χ4n) is 2.56. The van der Waals surface area contributed by atoms with Crippen LogP contribution in [0.1, 0.15) is 0 Å². The minimum atomic E-state index is -3.41. The van der Waals surface area contributed by atoms with Gasteiger partial charge in [-0.25, -0.2) is 8.42 Å². The molecule has 1 heterocycles. The molecule has 0 saturated carbocycles. The molecule has 1 fully saturated rings. The molecule has 2 aromatic rings. The highest BCUT2D eigenvalue weighted by Gasteiger charge is 2.28. The van der Waals surface area contributed by atoms with Gasteiger partial charge >= 0.3 is 0 Å². The van der Waals surface area contributed by atoms with Crippen molar-refractivity contribution < 1.29 is 18.1 Å². The molecule has 0 amide bonds. The molecule has 0 aromatic heterocycles. The van der Waals surface area contributed by atoms with Crippen LogP contribution in [0.15, 0.2) is 59.5 Å². The van der Waals surface area contributed by atoms with E-state index < -0.39 is 10.0 Å². The van der Waals surface area contributed by atoms with Crippen LogP contribution in [-0.2, 0) is 10.0 Å². The van der Waals surface area contributed by atoms with Crippen molar-refractivity contribution in [2.75, 3.05) is 33.2 Å². The van der Waals surface area contributed by atoms with Crippen molar-refractivity contribution in [3.63, 3.8) is 0 Å². The van der Waals surface area contributed by atoms with Gasteiger partial charge in [0.2, 0.25) is 10.0 Å². The quantitative estimate of drug-likeness (QED) is 0.908. The third-order valence-corrected chi connectivity index (χ3v) is 5.93. The van der Waals surface area contributed by atoms with Gasteiger partial charge in [0.25, 0.3) is 0 Å². The SMILES string of the molecule is C[NH+]1CCN(S(=O)(=O)c2ccc(Oc3ccccc3)cc2)CC1. The Balaban J connectivity index is 1.73. The lowest BCUT2D eigenvalue weighted by Gasteiger charge is -2.29. The zero-order valence-electron chi connectivity index (χ0n) is 13.1. The number of likely N-dealkylation sites (N-methyl/N-ethyl adjacent to an activating group) is 1. The molecule has 6 heteroatoms. The van der Waals surface area contributed by atoms with Gasteiger partial charge in [0.05, 0.1) is 38.1 Å². The van der Waals surface area contributed by atoms with E-state index in [1.165, 1.54) is 4.90 Å². The van der Waals surface area contributed by atoms with Crippen molar-refractivity contribution >= 4 is 10.0 Å². The highest BCUT2D eigenvalue weighted by atomic mass is 32.2. The number of piperazine rings is 1. The molecular formula is C17H21N2O3S+. The van der Waals surface area contributed by atoms with E-state index >= 15 is 0 Å². The second-order valence-electron chi connectivity index (χ2n) is 5.75. The first-order valence-electron chi connectivity index (χ1n) is 7.70. The van der Waals surface area contributed by atoms with Crippen molar-refractivity contribution in [1.82, 2.24) is 4.31 Å². The Bertz CT molecular complexity index is 737. The van der Waals surface area contributed by atoms with Gasteiger partial charge in [0, 0.05) is 0 Å². The number of nitrogens with zero attached hydrogens (tertiary/aromatic N) is 1. The minimum absolute atomic E-state index is 0.317. The first-order chi connectivity index (χ1) is 11.1. The second-order valence-corrected chi connectivity index (χ2v) is 7.69. The van der Waals surface area contributed by atoms with Crippen molar-refractivity contribution in [3.05, 3.63) is 54.6 Å². The lowest BCUT2D eigenvalue weighted by atomic mass is 10.3. The van der Waals surface area contributed by atoms with Gasteiger partial charge in [-0.2, -0.15) is 4.31 Å². The number of hydrogen-bond acceptors (Lipinski definition) is 3. The van der Waals surface area contributed by atoms with E-state index in [0.29, 0.717) is 23.7 Å². The Hall–Kier alpha value is -1.89. The summed E-state index contributed by atoms with van der Waals surface area (Å²) in [5.41, 5.74) is 0. The Morgan fingerprint density at radius 2 is 1.48 bits per heavy atom. The number of ether oxygens (including phenoxy) is 1. The summed E-state index contributed by atoms with van der Waals surface area (Å²) in [6.45, 7) is 2.82. The molecule has 3 rings (SSSR count). The van der Waals surface area contributed by atoms with E-state index in [2.05, 4.69) is 7.05 Å². The maximum absolute atomic E-state index is 12.6. The van der Waals surface area contributed by atoms with Crippen LogP contribution >= 0.6 is 0 Å². The number of para-hydroxylation sites is 1. The molecule has 0 atom stereocenters. The van der Waals surface area contributed by atoms with E-state index in [-0.39, 0.29) is 0 Å². The van der Waals surface area contributed by atoms with Crippen LogP contribution in [-0.4, -0.2) is 45.9 Å². The standard InChI is InChI=1S/C17H20N2O3S/c1-18-11-13-19(14-12-18)23(20,21)17-9-7-16(8-10-17)22-15-5-3-2-4-6-15/h2-10H,11-14H2,1H3/p+1. The van der Waals surface area contributed by atoms with Crippen molar-refractivity contribution in [3.8, 4) is 11.5 Å².